The number of hydrogen-bond donors (Lipinski definition) is 0. The summed E-state index contributed by atoms with van der Waals surface area (Å²) >= 11 is 8.68. The molecular formula is C11H7BrClFN2O. The maximum absolute atomic E-state index is 13.0. The van der Waals surface area contributed by atoms with Crippen LogP contribution in [0.15, 0.2) is 35.1 Å². The molecule has 0 aliphatic heterocycles. The molecule has 0 saturated carbocycles. The molecule has 0 radical (unpaired) electrons. The van der Waals surface area contributed by atoms with Crippen LogP contribution in [0.25, 0.3) is 0 Å². The predicted octanol–water partition coefficient (Wildman–Crippen LogP) is 3.91. The highest BCUT2D eigenvalue weighted by Crippen LogP contribution is 2.24. The second-order valence-electron chi connectivity index (χ2n) is 3.19. The van der Waals surface area contributed by atoms with Gasteiger partial charge in [-0.15, -0.1) is 11.6 Å². The van der Waals surface area contributed by atoms with E-state index < -0.39 is 0 Å². The van der Waals surface area contributed by atoms with Crippen LogP contribution in [-0.4, -0.2) is 9.97 Å². The third-order valence-corrected chi connectivity index (χ3v) is 2.85. The Bertz CT molecular complexity index is 521. The summed E-state index contributed by atoms with van der Waals surface area (Å²) in [6.07, 6.45) is 3.15. The number of aromatic nitrogens is 2. The zero-order valence-corrected chi connectivity index (χ0v) is 10.9. The number of rotatable bonds is 3. The van der Waals surface area contributed by atoms with Crippen LogP contribution >= 0.6 is 27.5 Å². The first-order valence-electron chi connectivity index (χ1n) is 4.69. The van der Waals surface area contributed by atoms with Gasteiger partial charge in [-0.3, -0.25) is 0 Å². The molecule has 17 heavy (non-hydrogen) atoms. The van der Waals surface area contributed by atoms with E-state index in [0.29, 0.717) is 16.1 Å². The van der Waals surface area contributed by atoms with Gasteiger partial charge in [-0.1, -0.05) is 0 Å². The van der Waals surface area contributed by atoms with Gasteiger partial charge in [0.25, 0.3) is 0 Å². The largest absolute Gasteiger partial charge is 0.424 e. The molecule has 0 aliphatic rings. The zero-order valence-electron chi connectivity index (χ0n) is 8.53. The normalized spacial score (nSPS) is 10.3. The van der Waals surface area contributed by atoms with Crippen molar-refractivity contribution >= 4 is 27.5 Å². The quantitative estimate of drug-likeness (QED) is 0.805. The first-order chi connectivity index (χ1) is 8.19. The van der Waals surface area contributed by atoms with Gasteiger partial charge in [-0.05, 0) is 34.1 Å². The van der Waals surface area contributed by atoms with Crippen molar-refractivity contribution in [1.29, 1.82) is 0 Å². The van der Waals surface area contributed by atoms with E-state index in [4.69, 9.17) is 16.3 Å². The van der Waals surface area contributed by atoms with Gasteiger partial charge in [0.1, 0.15) is 11.6 Å². The van der Waals surface area contributed by atoms with Crippen molar-refractivity contribution < 1.29 is 9.13 Å². The number of ether oxygens (including phenoxy) is 1. The Labute approximate surface area is 111 Å². The summed E-state index contributed by atoms with van der Waals surface area (Å²) in [6, 6.07) is 4.50. The van der Waals surface area contributed by atoms with Crippen LogP contribution in [0, 0.1) is 5.82 Å². The molecule has 0 N–H and O–H groups in total. The van der Waals surface area contributed by atoms with E-state index in [2.05, 4.69) is 25.9 Å². The standard InChI is InChI=1S/C11H7BrClFN2O/c12-9-3-8(1-2-10(9)14)17-11-15-5-7(4-13)6-16-11/h1-3,5-6H,4H2. The van der Waals surface area contributed by atoms with Crippen molar-refractivity contribution in [2.45, 2.75) is 5.88 Å². The molecule has 6 heteroatoms. The molecule has 0 fully saturated rings. The second kappa shape index (κ2) is 5.42. The number of alkyl halides is 1. The maximum atomic E-state index is 13.0. The molecule has 0 bridgehead atoms. The van der Waals surface area contributed by atoms with Crippen LogP contribution < -0.4 is 4.74 Å². The molecule has 0 unspecified atom stereocenters. The molecule has 0 amide bonds. The minimum atomic E-state index is -0.351. The molecule has 1 aromatic heterocycles. The Balaban J connectivity index is 2.16. The van der Waals surface area contributed by atoms with Crippen LogP contribution in [0.1, 0.15) is 5.56 Å². The molecule has 1 heterocycles. The Morgan fingerprint density at radius 1 is 1.29 bits per heavy atom. The van der Waals surface area contributed by atoms with Crippen LogP contribution in [0.4, 0.5) is 4.39 Å². The third-order valence-electron chi connectivity index (χ3n) is 1.94. The summed E-state index contributed by atoms with van der Waals surface area (Å²) < 4.78 is 18.7. The zero-order chi connectivity index (χ0) is 12.3. The Hall–Kier alpha value is -1.20. The molecular weight excluding hydrogens is 310 g/mol. The number of nitrogens with zero attached hydrogens (tertiary/aromatic N) is 2. The second-order valence-corrected chi connectivity index (χ2v) is 4.31. The Morgan fingerprint density at radius 3 is 2.59 bits per heavy atom. The molecule has 0 atom stereocenters. The molecule has 2 aromatic rings. The van der Waals surface area contributed by atoms with Crippen molar-refractivity contribution in [2.24, 2.45) is 0 Å². The fourth-order valence-corrected chi connectivity index (χ4v) is 1.61. The molecule has 3 nitrogen and oxygen atoms in total. The van der Waals surface area contributed by atoms with Gasteiger partial charge >= 0.3 is 6.01 Å². The van der Waals surface area contributed by atoms with E-state index in [9.17, 15) is 4.39 Å². The number of hydrogen-bond acceptors (Lipinski definition) is 3. The molecule has 88 valence electrons. The fraction of sp³-hybridized carbons (Fsp3) is 0.0909. The van der Waals surface area contributed by atoms with Gasteiger partial charge in [0.15, 0.2) is 0 Å². The SMILES string of the molecule is Fc1ccc(Oc2ncc(CCl)cn2)cc1Br. The van der Waals surface area contributed by atoms with E-state index in [-0.39, 0.29) is 11.8 Å². The summed E-state index contributed by atoms with van der Waals surface area (Å²) in [7, 11) is 0. The van der Waals surface area contributed by atoms with Gasteiger partial charge in [-0.25, -0.2) is 14.4 Å². The van der Waals surface area contributed by atoms with Crippen molar-refractivity contribution in [3.05, 3.63) is 46.4 Å². The lowest BCUT2D eigenvalue weighted by molar-refractivity contribution is 0.439. The fourth-order valence-electron chi connectivity index (χ4n) is 1.11. The third kappa shape index (κ3) is 3.14. The average molecular weight is 318 g/mol. The summed E-state index contributed by atoms with van der Waals surface area (Å²) in [5.41, 5.74) is 0.805. The highest BCUT2D eigenvalue weighted by molar-refractivity contribution is 9.10. The van der Waals surface area contributed by atoms with Crippen LogP contribution in [0.5, 0.6) is 11.8 Å². The van der Waals surface area contributed by atoms with Gasteiger partial charge in [0, 0.05) is 18.0 Å². The highest BCUT2D eigenvalue weighted by atomic mass is 79.9. The first-order valence-corrected chi connectivity index (χ1v) is 6.01. The predicted molar refractivity (Wildman–Crippen MR) is 65.8 cm³/mol. The molecule has 1 aromatic carbocycles. The summed E-state index contributed by atoms with van der Waals surface area (Å²) in [4.78, 5) is 7.94. The molecule has 2 rings (SSSR count). The Morgan fingerprint density at radius 2 is 2.00 bits per heavy atom. The van der Waals surface area contributed by atoms with Crippen molar-refractivity contribution in [1.82, 2.24) is 9.97 Å². The van der Waals surface area contributed by atoms with Crippen LogP contribution in [0.2, 0.25) is 0 Å². The monoisotopic (exact) mass is 316 g/mol. The lowest BCUT2D eigenvalue weighted by atomic mass is 10.3. The smallest absolute Gasteiger partial charge is 0.321 e. The van der Waals surface area contributed by atoms with Crippen molar-refractivity contribution in [3.63, 3.8) is 0 Å². The molecule has 0 aliphatic carbocycles. The highest BCUT2D eigenvalue weighted by Gasteiger charge is 2.04. The minimum Gasteiger partial charge on any atom is -0.424 e. The summed E-state index contributed by atoms with van der Waals surface area (Å²) in [6.45, 7) is 0. The molecule has 0 spiro atoms. The lowest BCUT2D eigenvalue weighted by Crippen LogP contribution is -1.93. The van der Waals surface area contributed by atoms with Crippen LogP contribution in [-0.2, 0) is 5.88 Å². The summed E-state index contributed by atoms with van der Waals surface area (Å²) in [5.74, 6) is 0.454. The maximum Gasteiger partial charge on any atom is 0.321 e. The van der Waals surface area contributed by atoms with E-state index in [1.54, 1.807) is 12.4 Å². The van der Waals surface area contributed by atoms with Gasteiger partial charge in [-0.2, -0.15) is 0 Å². The average Bonchev–Trinajstić information content (AvgIpc) is 2.35. The van der Waals surface area contributed by atoms with Gasteiger partial charge in [0.05, 0.1) is 10.4 Å². The van der Waals surface area contributed by atoms with E-state index in [1.165, 1.54) is 18.2 Å². The van der Waals surface area contributed by atoms with Gasteiger partial charge < -0.3 is 4.74 Å². The lowest BCUT2D eigenvalue weighted by Gasteiger charge is -2.04. The summed E-state index contributed by atoms with van der Waals surface area (Å²) in [5, 5.41) is 0. The van der Waals surface area contributed by atoms with E-state index in [0.717, 1.165) is 5.56 Å². The van der Waals surface area contributed by atoms with E-state index >= 15 is 0 Å². The number of halogens is 3. The van der Waals surface area contributed by atoms with Crippen molar-refractivity contribution in [3.8, 4) is 11.8 Å². The first kappa shape index (κ1) is 12.3. The van der Waals surface area contributed by atoms with Gasteiger partial charge in [0.2, 0.25) is 0 Å². The van der Waals surface area contributed by atoms with Crippen molar-refractivity contribution in [2.75, 3.05) is 0 Å². The Kier molecular flexibility index (Phi) is 3.91. The van der Waals surface area contributed by atoms with Crippen LogP contribution in [0.3, 0.4) is 0 Å². The molecule has 0 saturated heterocycles. The minimum absolute atomic E-state index is 0.192. The number of benzene rings is 1. The van der Waals surface area contributed by atoms with E-state index in [1.807, 2.05) is 0 Å². The topological polar surface area (TPSA) is 35.0 Å².